The minimum absolute atomic E-state index is 0.110. The minimum atomic E-state index is 0.110. The maximum Gasteiger partial charge on any atom is 0.180 e. The molecule has 90 valence electrons. The van der Waals surface area contributed by atoms with Crippen molar-refractivity contribution in [1.82, 2.24) is 10.2 Å². The van der Waals surface area contributed by atoms with E-state index >= 15 is 0 Å². The largest absolute Gasteiger partial charge is 0.372 e. The molecule has 5 heteroatoms. The predicted octanol–water partition coefficient (Wildman–Crippen LogP) is 1.54. The zero-order valence-corrected chi connectivity index (χ0v) is 9.92. The molecular formula is C11H20N4O. The lowest BCUT2D eigenvalue weighted by molar-refractivity contribution is 0.0974. The van der Waals surface area contributed by atoms with Crippen molar-refractivity contribution in [3.63, 3.8) is 0 Å². The number of unbranched alkanes of at least 4 members (excludes halogenated alkanes) is 1. The monoisotopic (exact) mass is 224 g/mol. The molecule has 0 fully saturated rings. The Balaban J connectivity index is 2.29. The Morgan fingerprint density at radius 1 is 1.62 bits per heavy atom. The second-order valence-electron chi connectivity index (χ2n) is 4.06. The molecule has 5 nitrogen and oxygen atoms in total. The van der Waals surface area contributed by atoms with E-state index in [0.717, 1.165) is 19.3 Å². The maximum absolute atomic E-state index is 11.7. The van der Waals surface area contributed by atoms with Gasteiger partial charge in [0.2, 0.25) is 0 Å². The van der Waals surface area contributed by atoms with Crippen LogP contribution in [0, 0.1) is 0 Å². The van der Waals surface area contributed by atoms with Crippen molar-refractivity contribution in [3.8, 4) is 0 Å². The molecule has 1 heterocycles. The molecule has 0 aliphatic rings. The van der Waals surface area contributed by atoms with Crippen LogP contribution in [0.5, 0.6) is 0 Å². The molecule has 1 aromatic rings. The van der Waals surface area contributed by atoms with E-state index in [-0.39, 0.29) is 11.8 Å². The van der Waals surface area contributed by atoms with Crippen LogP contribution in [0.15, 0.2) is 6.07 Å². The van der Waals surface area contributed by atoms with Gasteiger partial charge in [-0.25, -0.2) is 0 Å². The third-order valence-corrected chi connectivity index (χ3v) is 2.45. The Hall–Kier alpha value is -1.36. The van der Waals surface area contributed by atoms with Gasteiger partial charge in [-0.3, -0.25) is 9.89 Å². The summed E-state index contributed by atoms with van der Waals surface area (Å²) in [5, 5.41) is 9.53. The van der Waals surface area contributed by atoms with Gasteiger partial charge in [-0.2, -0.15) is 5.10 Å². The van der Waals surface area contributed by atoms with Crippen molar-refractivity contribution < 1.29 is 4.79 Å². The summed E-state index contributed by atoms with van der Waals surface area (Å²) in [5.74, 6) is 0.803. The minimum Gasteiger partial charge on any atom is -0.372 e. The van der Waals surface area contributed by atoms with Crippen molar-refractivity contribution in [1.29, 1.82) is 0 Å². The first-order valence-corrected chi connectivity index (χ1v) is 5.65. The first kappa shape index (κ1) is 12.7. The van der Waals surface area contributed by atoms with Crippen molar-refractivity contribution >= 4 is 11.6 Å². The number of H-pyrrole nitrogens is 1. The van der Waals surface area contributed by atoms with Crippen molar-refractivity contribution in [2.75, 3.05) is 12.4 Å². The zero-order valence-electron chi connectivity index (χ0n) is 9.92. The predicted molar refractivity (Wildman–Crippen MR) is 64.6 cm³/mol. The molecule has 0 radical (unpaired) electrons. The topological polar surface area (TPSA) is 83.8 Å². The summed E-state index contributed by atoms with van der Waals surface area (Å²) < 4.78 is 0. The lowest BCUT2D eigenvalue weighted by atomic mass is 10.1. The molecule has 1 rings (SSSR count). The number of aromatic nitrogens is 2. The summed E-state index contributed by atoms with van der Waals surface area (Å²) >= 11 is 0. The van der Waals surface area contributed by atoms with Gasteiger partial charge in [-0.05, 0) is 19.8 Å². The third-order valence-electron chi connectivity index (χ3n) is 2.45. The molecule has 0 aliphatic carbocycles. The average Bonchev–Trinajstić information content (AvgIpc) is 2.72. The third kappa shape index (κ3) is 4.02. The van der Waals surface area contributed by atoms with Gasteiger partial charge in [0.15, 0.2) is 5.78 Å². The highest BCUT2D eigenvalue weighted by Gasteiger charge is 2.08. The summed E-state index contributed by atoms with van der Waals surface area (Å²) in [5.41, 5.74) is 6.21. The molecular weight excluding hydrogens is 204 g/mol. The number of nitrogens with one attached hydrogen (secondary N) is 2. The maximum atomic E-state index is 11.7. The SMILES string of the molecule is CNc1cc(C(=O)CCCCC(C)N)[nH]n1. The molecule has 0 saturated heterocycles. The highest BCUT2D eigenvalue weighted by Crippen LogP contribution is 2.10. The van der Waals surface area contributed by atoms with Crippen LogP contribution in [0.1, 0.15) is 43.1 Å². The normalized spacial score (nSPS) is 12.4. The van der Waals surface area contributed by atoms with Gasteiger partial charge < -0.3 is 11.1 Å². The molecule has 1 atom stereocenters. The Bertz CT molecular complexity index is 332. The van der Waals surface area contributed by atoms with E-state index in [1.165, 1.54) is 0 Å². The number of Topliss-reactive ketones (excluding diaryl/α,β-unsaturated/α-hetero) is 1. The van der Waals surface area contributed by atoms with Crippen LogP contribution in [0.25, 0.3) is 0 Å². The van der Waals surface area contributed by atoms with E-state index in [9.17, 15) is 4.79 Å². The van der Waals surface area contributed by atoms with E-state index < -0.39 is 0 Å². The number of nitrogens with zero attached hydrogens (tertiary/aromatic N) is 1. The molecule has 0 aromatic carbocycles. The Labute approximate surface area is 95.8 Å². The highest BCUT2D eigenvalue weighted by atomic mass is 16.1. The summed E-state index contributed by atoms with van der Waals surface area (Å²) in [6.07, 6.45) is 3.40. The van der Waals surface area contributed by atoms with Crippen molar-refractivity contribution in [2.45, 2.75) is 38.6 Å². The quantitative estimate of drug-likeness (QED) is 0.484. The van der Waals surface area contributed by atoms with E-state index in [2.05, 4.69) is 15.5 Å². The van der Waals surface area contributed by atoms with E-state index in [1.54, 1.807) is 13.1 Å². The second-order valence-corrected chi connectivity index (χ2v) is 4.06. The molecule has 4 N–H and O–H groups in total. The molecule has 0 aliphatic heterocycles. The number of ketones is 1. The van der Waals surface area contributed by atoms with Gasteiger partial charge >= 0.3 is 0 Å². The Morgan fingerprint density at radius 2 is 2.38 bits per heavy atom. The smallest absolute Gasteiger partial charge is 0.180 e. The van der Waals surface area contributed by atoms with Crippen LogP contribution in [0.3, 0.4) is 0 Å². The first-order valence-electron chi connectivity index (χ1n) is 5.65. The molecule has 1 unspecified atom stereocenters. The van der Waals surface area contributed by atoms with E-state index in [0.29, 0.717) is 17.9 Å². The average molecular weight is 224 g/mol. The highest BCUT2D eigenvalue weighted by molar-refractivity contribution is 5.94. The number of carbonyl (C=O) groups excluding carboxylic acids is 1. The zero-order chi connectivity index (χ0) is 12.0. The summed E-state index contributed by atoms with van der Waals surface area (Å²) in [6.45, 7) is 1.98. The number of hydrogen-bond acceptors (Lipinski definition) is 4. The van der Waals surface area contributed by atoms with Gasteiger partial charge in [0.25, 0.3) is 0 Å². The number of hydrogen-bond donors (Lipinski definition) is 3. The number of rotatable bonds is 7. The van der Waals surface area contributed by atoms with Crippen molar-refractivity contribution in [3.05, 3.63) is 11.8 Å². The van der Waals surface area contributed by atoms with Crippen LogP contribution in [0.2, 0.25) is 0 Å². The fourth-order valence-electron chi connectivity index (χ4n) is 1.48. The fraction of sp³-hybridized carbons (Fsp3) is 0.636. The Kier molecular flexibility index (Phi) is 4.98. The summed E-state index contributed by atoms with van der Waals surface area (Å²) in [7, 11) is 1.77. The van der Waals surface area contributed by atoms with Crippen LogP contribution < -0.4 is 11.1 Å². The van der Waals surface area contributed by atoms with Crippen LogP contribution in [-0.2, 0) is 0 Å². The van der Waals surface area contributed by atoms with Gasteiger partial charge in [0.05, 0.1) is 0 Å². The lowest BCUT2D eigenvalue weighted by Crippen LogP contribution is -2.14. The second kappa shape index (κ2) is 6.27. The Morgan fingerprint density at radius 3 is 2.94 bits per heavy atom. The molecule has 1 aromatic heterocycles. The standard InChI is InChI=1S/C11H20N4O/c1-8(12)5-3-4-6-10(16)9-7-11(13-2)15-14-9/h7-8H,3-6,12H2,1-2H3,(H2,13,14,15). The summed E-state index contributed by atoms with van der Waals surface area (Å²) in [4.78, 5) is 11.7. The molecule has 0 spiro atoms. The van der Waals surface area contributed by atoms with E-state index in [4.69, 9.17) is 5.73 Å². The molecule has 0 bridgehead atoms. The molecule has 16 heavy (non-hydrogen) atoms. The fourth-order valence-corrected chi connectivity index (χ4v) is 1.48. The van der Waals surface area contributed by atoms with Crippen molar-refractivity contribution in [2.24, 2.45) is 5.73 Å². The van der Waals surface area contributed by atoms with Gasteiger partial charge in [0, 0.05) is 25.6 Å². The number of aromatic amines is 1. The first-order chi connectivity index (χ1) is 7.63. The number of carbonyl (C=O) groups is 1. The van der Waals surface area contributed by atoms with Gasteiger partial charge in [-0.1, -0.05) is 6.42 Å². The van der Waals surface area contributed by atoms with Crippen LogP contribution >= 0.6 is 0 Å². The van der Waals surface area contributed by atoms with Crippen LogP contribution in [-0.4, -0.2) is 29.1 Å². The lowest BCUT2D eigenvalue weighted by Gasteiger charge is -2.03. The van der Waals surface area contributed by atoms with Crippen LogP contribution in [0.4, 0.5) is 5.82 Å². The number of nitrogens with two attached hydrogens (primary N) is 1. The summed E-state index contributed by atoms with van der Waals surface area (Å²) in [6, 6.07) is 1.95. The molecule has 0 amide bonds. The molecule has 0 saturated carbocycles. The van der Waals surface area contributed by atoms with E-state index in [1.807, 2.05) is 6.92 Å². The van der Waals surface area contributed by atoms with Gasteiger partial charge in [0.1, 0.15) is 11.5 Å². The van der Waals surface area contributed by atoms with Gasteiger partial charge in [-0.15, -0.1) is 0 Å². The number of anilines is 1.